The minimum absolute atomic E-state index is 0.194. The Bertz CT molecular complexity index is 288. The van der Waals surface area contributed by atoms with Crippen molar-refractivity contribution in [3.8, 4) is 6.07 Å². The molecule has 0 fully saturated rings. The molecule has 0 saturated carbocycles. The fraction of sp³-hybridized carbons (Fsp3) is 0.500. The van der Waals surface area contributed by atoms with Crippen LogP contribution in [0.25, 0.3) is 0 Å². The summed E-state index contributed by atoms with van der Waals surface area (Å²) in [5.74, 6) is 0. The highest BCUT2D eigenvalue weighted by Gasteiger charge is 2.09. The lowest BCUT2D eigenvalue weighted by atomic mass is 10.2. The summed E-state index contributed by atoms with van der Waals surface area (Å²) in [5.41, 5.74) is 7.02. The molecule has 0 aliphatic heterocycles. The number of nitrogen functional groups attached to an aromatic ring is 1. The molecular formula is C8H12N4. The van der Waals surface area contributed by atoms with Crippen LogP contribution in [-0.2, 0) is 0 Å². The van der Waals surface area contributed by atoms with E-state index in [-0.39, 0.29) is 6.04 Å². The normalized spacial score (nSPS) is 12.4. The van der Waals surface area contributed by atoms with E-state index in [0.717, 1.165) is 12.1 Å². The number of aromatic nitrogens is 2. The molecule has 0 aliphatic carbocycles. The van der Waals surface area contributed by atoms with E-state index in [1.165, 1.54) is 0 Å². The molecule has 0 spiro atoms. The van der Waals surface area contributed by atoms with Crippen molar-refractivity contribution in [3.63, 3.8) is 0 Å². The van der Waals surface area contributed by atoms with Crippen molar-refractivity contribution in [2.75, 3.05) is 5.73 Å². The van der Waals surface area contributed by atoms with E-state index in [1.807, 2.05) is 13.8 Å². The van der Waals surface area contributed by atoms with Crippen LogP contribution in [-0.4, -0.2) is 9.78 Å². The van der Waals surface area contributed by atoms with Crippen molar-refractivity contribution >= 4 is 5.69 Å². The number of aryl methyl sites for hydroxylation is 1. The van der Waals surface area contributed by atoms with E-state index in [0.29, 0.717) is 5.69 Å². The molecule has 4 nitrogen and oxygen atoms in total. The van der Waals surface area contributed by atoms with Crippen LogP contribution in [0.2, 0.25) is 0 Å². The molecule has 1 atom stereocenters. The molecule has 64 valence electrons. The molecule has 0 aromatic carbocycles. The van der Waals surface area contributed by atoms with Gasteiger partial charge in [-0.25, -0.2) is 0 Å². The maximum absolute atomic E-state index is 8.73. The molecule has 0 radical (unpaired) electrons. The topological polar surface area (TPSA) is 67.6 Å². The highest BCUT2D eigenvalue weighted by Crippen LogP contribution is 2.14. The number of rotatable bonds is 2. The maximum Gasteiger partial charge on any atom is 0.138 e. The van der Waals surface area contributed by atoms with Crippen LogP contribution >= 0.6 is 0 Å². The smallest absolute Gasteiger partial charge is 0.138 e. The molecule has 1 heterocycles. The van der Waals surface area contributed by atoms with Gasteiger partial charge in [0.2, 0.25) is 0 Å². The molecule has 12 heavy (non-hydrogen) atoms. The fourth-order valence-electron chi connectivity index (χ4n) is 0.993. The SMILES string of the molecule is CCC(C#N)n1cc(N)c(C)n1. The van der Waals surface area contributed by atoms with Crippen LogP contribution in [0.1, 0.15) is 25.1 Å². The van der Waals surface area contributed by atoms with Crippen LogP contribution in [0.4, 0.5) is 5.69 Å². The highest BCUT2D eigenvalue weighted by atomic mass is 15.3. The van der Waals surface area contributed by atoms with Crippen LogP contribution in [0.5, 0.6) is 0 Å². The standard InChI is InChI=1S/C8H12N4/c1-3-7(4-9)12-5-8(10)6(2)11-12/h5,7H,3,10H2,1-2H3. The van der Waals surface area contributed by atoms with Gasteiger partial charge in [0, 0.05) is 6.20 Å². The minimum atomic E-state index is -0.194. The van der Waals surface area contributed by atoms with Gasteiger partial charge < -0.3 is 5.73 Å². The Morgan fingerprint density at radius 2 is 2.50 bits per heavy atom. The summed E-state index contributed by atoms with van der Waals surface area (Å²) in [6.07, 6.45) is 2.45. The van der Waals surface area contributed by atoms with Crippen molar-refractivity contribution in [2.45, 2.75) is 26.3 Å². The van der Waals surface area contributed by atoms with Gasteiger partial charge in [0.25, 0.3) is 0 Å². The number of nitriles is 1. The van der Waals surface area contributed by atoms with Gasteiger partial charge in [-0.3, -0.25) is 4.68 Å². The van der Waals surface area contributed by atoms with Gasteiger partial charge >= 0.3 is 0 Å². The molecule has 0 aliphatic rings. The quantitative estimate of drug-likeness (QED) is 0.715. The third kappa shape index (κ3) is 1.40. The Morgan fingerprint density at radius 3 is 2.83 bits per heavy atom. The Labute approximate surface area is 71.6 Å². The number of anilines is 1. The first-order valence-electron chi connectivity index (χ1n) is 3.89. The summed E-state index contributed by atoms with van der Waals surface area (Å²) in [6.45, 7) is 3.77. The number of nitrogens with zero attached hydrogens (tertiary/aromatic N) is 3. The Kier molecular flexibility index (Phi) is 2.34. The molecule has 1 aromatic rings. The number of hydrogen-bond donors (Lipinski definition) is 1. The highest BCUT2D eigenvalue weighted by molar-refractivity contribution is 5.39. The van der Waals surface area contributed by atoms with Crippen LogP contribution in [0.3, 0.4) is 0 Å². The summed E-state index contributed by atoms with van der Waals surface area (Å²) < 4.78 is 1.62. The zero-order chi connectivity index (χ0) is 9.14. The summed E-state index contributed by atoms with van der Waals surface area (Å²) in [5, 5.41) is 12.8. The van der Waals surface area contributed by atoms with E-state index < -0.39 is 0 Å². The van der Waals surface area contributed by atoms with Crippen molar-refractivity contribution in [1.29, 1.82) is 5.26 Å². The lowest BCUT2D eigenvalue weighted by molar-refractivity contribution is 0.531. The van der Waals surface area contributed by atoms with Crippen LogP contribution < -0.4 is 5.73 Å². The second-order valence-electron chi connectivity index (χ2n) is 2.70. The van der Waals surface area contributed by atoms with Crippen molar-refractivity contribution in [3.05, 3.63) is 11.9 Å². The summed E-state index contributed by atoms with van der Waals surface area (Å²) in [6, 6.07) is 1.96. The second kappa shape index (κ2) is 3.26. The third-order valence-electron chi connectivity index (χ3n) is 1.81. The van der Waals surface area contributed by atoms with Gasteiger partial charge in [0.05, 0.1) is 17.5 Å². The van der Waals surface area contributed by atoms with Crippen molar-refractivity contribution < 1.29 is 0 Å². The van der Waals surface area contributed by atoms with E-state index >= 15 is 0 Å². The van der Waals surface area contributed by atoms with Crippen molar-refractivity contribution in [1.82, 2.24) is 9.78 Å². The van der Waals surface area contributed by atoms with Gasteiger partial charge in [0.1, 0.15) is 6.04 Å². The van der Waals surface area contributed by atoms with Gasteiger partial charge in [-0.1, -0.05) is 6.92 Å². The van der Waals surface area contributed by atoms with E-state index in [4.69, 9.17) is 11.0 Å². The van der Waals surface area contributed by atoms with Crippen LogP contribution in [0.15, 0.2) is 6.20 Å². The molecule has 2 N–H and O–H groups in total. The Hall–Kier alpha value is -1.50. The van der Waals surface area contributed by atoms with E-state index in [2.05, 4.69) is 11.2 Å². The zero-order valence-corrected chi connectivity index (χ0v) is 7.28. The largest absolute Gasteiger partial charge is 0.396 e. The third-order valence-corrected chi connectivity index (χ3v) is 1.81. The first kappa shape index (κ1) is 8.60. The van der Waals surface area contributed by atoms with E-state index in [9.17, 15) is 0 Å². The van der Waals surface area contributed by atoms with Crippen LogP contribution in [0, 0.1) is 18.3 Å². The van der Waals surface area contributed by atoms with E-state index in [1.54, 1.807) is 10.9 Å². The molecule has 0 saturated heterocycles. The lowest BCUT2D eigenvalue weighted by Crippen LogP contribution is -2.06. The number of nitrogens with two attached hydrogens (primary N) is 1. The monoisotopic (exact) mass is 164 g/mol. The Morgan fingerprint density at radius 1 is 1.83 bits per heavy atom. The first-order valence-corrected chi connectivity index (χ1v) is 3.89. The van der Waals surface area contributed by atoms with Gasteiger partial charge in [-0.05, 0) is 13.3 Å². The first-order chi connectivity index (χ1) is 5.69. The summed E-state index contributed by atoms with van der Waals surface area (Å²) >= 11 is 0. The lowest BCUT2D eigenvalue weighted by Gasteiger charge is -2.04. The van der Waals surface area contributed by atoms with Crippen molar-refractivity contribution in [2.24, 2.45) is 0 Å². The van der Waals surface area contributed by atoms with Gasteiger partial charge in [-0.2, -0.15) is 10.4 Å². The maximum atomic E-state index is 8.73. The molecular weight excluding hydrogens is 152 g/mol. The predicted octanol–water partition coefficient (Wildman–Crippen LogP) is 1.25. The zero-order valence-electron chi connectivity index (χ0n) is 7.28. The predicted molar refractivity (Wildman–Crippen MR) is 46.3 cm³/mol. The second-order valence-corrected chi connectivity index (χ2v) is 2.70. The average molecular weight is 164 g/mol. The molecule has 1 aromatic heterocycles. The fourth-order valence-corrected chi connectivity index (χ4v) is 0.993. The molecule has 0 bridgehead atoms. The summed E-state index contributed by atoms with van der Waals surface area (Å²) in [4.78, 5) is 0. The average Bonchev–Trinajstić information content (AvgIpc) is 2.35. The summed E-state index contributed by atoms with van der Waals surface area (Å²) in [7, 11) is 0. The van der Waals surface area contributed by atoms with Gasteiger partial charge in [0.15, 0.2) is 0 Å². The van der Waals surface area contributed by atoms with Gasteiger partial charge in [-0.15, -0.1) is 0 Å². The number of hydrogen-bond acceptors (Lipinski definition) is 3. The molecule has 0 amide bonds. The molecule has 1 rings (SSSR count). The molecule has 4 heteroatoms. The Balaban J connectivity index is 2.96. The molecule has 1 unspecified atom stereocenters. The minimum Gasteiger partial charge on any atom is -0.396 e.